The maximum Gasteiger partial charge on any atom is 0.311 e. The van der Waals surface area contributed by atoms with Gasteiger partial charge in [-0.25, -0.2) is 0 Å². The molecular formula is C28H39NO2. The van der Waals surface area contributed by atoms with Gasteiger partial charge in [0.05, 0.1) is 5.92 Å². The van der Waals surface area contributed by atoms with Gasteiger partial charge < -0.3 is 4.74 Å². The molecule has 0 unspecified atom stereocenters. The summed E-state index contributed by atoms with van der Waals surface area (Å²) >= 11 is 0. The Bertz CT molecular complexity index is 797. The van der Waals surface area contributed by atoms with Crippen LogP contribution in [0.1, 0.15) is 83.4 Å². The Morgan fingerprint density at radius 2 is 1.52 bits per heavy atom. The molecule has 0 radical (unpaired) electrons. The van der Waals surface area contributed by atoms with E-state index in [0.717, 1.165) is 32.2 Å². The Morgan fingerprint density at radius 1 is 0.935 bits per heavy atom. The first-order chi connectivity index (χ1) is 14.8. The number of ether oxygens (including phenoxy) is 1. The minimum atomic E-state index is -0.459. The van der Waals surface area contributed by atoms with Crippen molar-refractivity contribution in [2.75, 3.05) is 0 Å². The van der Waals surface area contributed by atoms with E-state index in [1.807, 2.05) is 20.8 Å². The normalized spacial score (nSPS) is 21.2. The molecule has 0 aliphatic heterocycles. The number of benzene rings is 2. The van der Waals surface area contributed by atoms with Crippen molar-refractivity contribution in [1.29, 1.82) is 0 Å². The molecule has 2 aromatic rings. The molecule has 0 amide bonds. The largest absolute Gasteiger partial charge is 0.460 e. The lowest BCUT2D eigenvalue weighted by Crippen LogP contribution is -2.46. The van der Waals surface area contributed by atoms with Gasteiger partial charge in [0.25, 0.3) is 0 Å². The van der Waals surface area contributed by atoms with E-state index < -0.39 is 5.60 Å². The Hall–Kier alpha value is -2.13. The van der Waals surface area contributed by atoms with Crippen LogP contribution in [-0.2, 0) is 16.1 Å². The van der Waals surface area contributed by atoms with Gasteiger partial charge >= 0.3 is 5.97 Å². The van der Waals surface area contributed by atoms with E-state index in [1.54, 1.807) is 0 Å². The summed E-state index contributed by atoms with van der Waals surface area (Å²) in [5.74, 6) is -0.118. The second-order valence-corrected chi connectivity index (χ2v) is 9.94. The molecule has 0 bridgehead atoms. The van der Waals surface area contributed by atoms with Crippen molar-refractivity contribution >= 4 is 5.97 Å². The number of nitrogens with zero attached hydrogens (tertiary/aromatic N) is 1. The van der Waals surface area contributed by atoms with E-state index in [1.165, 1.54) is 24.0 Å². The summed E-state index contributed by atoms with van der Waals surface area (Å²) in [7, 11) is 0. The maximum absolute atomic E-state index is 13.4. The summed E-state index contributed by atoms with van der Waals surface area (Å²) in [4.78, 5) is 15.9. The minimum Gasteiger partial charge on any atom is -0.460 e. The molecule has 1 aliphatic rings. The first-order valence-electron chi connectivity index (χ1n) is 11.9. The van der Waals surface area contributed by atoms with Crippen molar-refractivity contribution in [3.8, 4) is 0 Å². The van der Waals surface area contributed by atoms with Crippen LogP contribution in [0.25, 0.3) is 0 Å². The van der Waals surface area contributed by atoms with Crippen LogP contribution in [-0.4, -0.2) is 22.5 Å². The third kappa shape index (κ3) is 6.93. The topological polar surface area (TPSA) is 29.5 Å². The van der Waals surface area contributed by atoms with Crippen LogP contribution in [0.5, 0.6) is 0 Å². The molecule has 0 aromatic heterocycles. The van der Waals surface area contributed by atoms with Crippen molar-refractivity contribution < 1.29 is 9.53 Å². The highest BCUT2D eigenvalue weighted by Gasteiger charge is 2.37. The van der Waals surface area contributed by atoms with Crippen LogP contribution in [0.3, 0.4) is 0 Å². The van der Waals surface area contributed by atoms with Crippen LogP contribution in [0.2, 0.25) is 0 Å². The quantitative estimate of drug-likeness (QED) is 0.474. The molecule has 3 rings (SSSR count). The molecule has 31 heavy (non-hydrogen) atoms. The zero-order chi connectivity index (χ0) is 22.3. The van der Waals surface area contributed by atoms with Gasteiger partial charge in [0, 0.05) is 18.6 Å². The molecule has 3 heteroatoms. The van der Waals surface area contributed by atoms with E-state index in [2.05, 4.69) is 72.5 Å². The van der Waals surface area contributed by atoms with Gasteiger partial charge in [-0.05, 0) is 51.7 Å². The van der Waals surface area contributed by atoms with Crippen LogP contribution in [0, 0.1) is 5.92 Å². The first-order valence-corrected chi connectivity index (χ1v) is 11.9. The lowest BCUT2D eigenvalue weighted by molar-refractivity contribution is -0.164. The second-order valence-electron chi connectivity index (χ2n) is 9.94. The molecule has 3 nitrogen and oxygen atoms in total. The summed E-state index contributed by atoms with van der Waals surface area (Å²) in [5, 5.41) is 0. The third-order valence-corrected chi connectivity index (χ3v) is 6.35. The molecule has 1 saturated carbocycles. The first kappa shape index (κ1) is 23.5. The third-order valence-electron chi connectivity index (χ3n) is 6.35. The highest BCUT2D eigenvalue weighted by atomic mass is 16.6. The molecular weight excluding hydrogens is 382 g/mol. The molecule has 0 heterocycles. The standard InChI is InChI=1S/C28H39NO2/c1-22(24-17-11-8-12-18-24)29(21-23-15-9-7-10-16-23)26-20-14-6-5-13-19-25(26)27(30)31-28(2,3)4/h7-12,15-18,22,25-26H,5-6,13-14,19-21H2,1-4H3/t22-,25+,26-/m1/s1. The SMILES string of the molecule is C[C@H](c1ccccc1)N(Cc1ccccc1)[C@@H]1CCCCCC[C@@H]1C(=O)OC(C)(C)C. The van der Waals surface area contributed by atoms with Gasteiger partial charge in [-0.15, -0.1) is 0 Å². The number of hydrogen-bond acceptors (Lipinski definition) is 3. The Balaban J connectivity index is 1.96. The van der Waals surface area contributed by atoms with E-state index in [9.17, 15) is 4.79 Å². The van der Waals surface area contributed by atoms with E-state index in [4.69, 9.17) is 4.74 Å². The van der Waals surface area contributed by atoms with Crippen molar-refractivity contribution in [3.05, 3.63) is 71.8 Å². The molecule has 1 fully saturated rings. The molecule has 0 N–H and O–H groups in total. The maximum atomic E-state index is 13.4. The second kappa shape index (κ2) is 10.9. The zero-order valence-electron chi connectivity index (χ0n) is 19.7. The number of carbonyl (C=O) groups excluding carboxylic acids is 1. The summed E-state index contributed by atoms with van der Waals surface area (Å²) in [6, 6.07) is 21.7. The average molecular weight is 422 g/mol. The van der Waals surface area contributed by atoms with Gasteiger partial charge in [-0.2, -0.15) is 0 Å². The van der Waals surface area contributed by atoms with Crippen molar-refractivity contribution in [2.24, 2.45) is 5.92 Å². The lowest BCUT2D eigenvalue weighted by atomic mass is 9.84. The predicted octanol–water partition coefficient (Wildman–Crippen LogP) is 6.93. The monoisotopic (exact) mass is 421 g/mol. The Kier molecular flexibility index (Phi) is 8.31. The summed E-state index contributed by atoms with van der Waals surface area (Å²) in [5.41, 5.74) is 2.12. The van der Waals surface area contributed by atoms with E-state index >= 15 is 0 Å². The van der Waals surface area contributed by atoms with Gasteiger partial charge in [0.1, 0.15) is 5.60 Å². The van der Waals surface area contributed by atoms with Crippen molar-refractivity contribution in [3.63, 3.8) is 0 Å². The molecule has 0 saturated heterocycles. The van der Waals surface area contributed by atoms with Crippen LogP contribution >= 0.6 is 0 Å². The van der Waals surface area contributed by atoms with E-state index in [-0.39, 0.29) is 24.0 Å². The number of esters is 1. The smallest absolute Gasteiger partial charge is 0.311 e. The number of hydrogen-bond donors (Lipinski definition) is 0. The summed E-state index contributed by atoms with van der Waals surface area (Å²) in [6.07, 6.45) is 6.66. The lowest BCUT2D eigenvalue weighted by Gasteiger charge is -2.42. The highest BCUT2D eigenvalue weighted by Crippen LogP contribution is 2.35. The molecule has 168 valence electrons. The Morgan fingerprint density at radius 3 is 2.13 bits per heavy atom. The van der Waals surface area contributed by atoms with Crippen LogP contribution in [0.4, 0.5) is 0 Å². The molecule has 3 atom stereocenters. The average Bonchev–Trinajstić information content (AvgIpc) is 2.72. The predicted molar refractivity (Wildman–Crippen MR) is 128 cm³/mol. The fraction of sp³-hybridized carbons (Fsp3) is 0.536. The summed E-state index contributed by atoms with van der Waals surface area (Å²) < 4.78 is 5.92. The molecule has 1 aliphatic carbocycles. The number of rotatable bonds is 6. The fourth-order valence-electron chi connectivity index (χ4n) is 4.77. The van der Waals surface area contributed by atoms with Gasteiger partial charge in [-0.3, -0.25) is 9.69 Å². The van der Waals surface area contributed by atoms with Gasteiger partial charge in [0.2, 0.25) is 0 Å². The minimum absolute atomic E-state index is 0.0299. The van der Waals surface area contributed by atoms with Crippen molar-refractivity contribution in [1.82, 2.24) is 4.90 Å². The highest BCUT2D eigenvalue weighted by molar-refractivity contribution is 5.73. The van der Waals surface area contributed by atoms with Crippen LogP contribution < -0.4 is 0 Å². The molecule has 2 aromatic carbocycles. The zero-order valence-corrected chi connectivity index (χ0v) is 19.7. The fourth-order valence-corrected chi connectivity index (χ4v) is 4.77. The number of carbonyl (C=O) groups is 1. The van der Waals surface area contributed by atoms with Crippen molar-refractivity contribution in [2.45, 2.75) is 90.4 Å². The van der Waals surface area contributed by atoms with Gasteiger partial charge in [0.15, 0.2) is 0 Å². The Labute approximate surface area is 188 Å². The van der Waals surface area contributed by atoms with Gasteiger partial charge in [-0.1, -0.05) is 86.3 Å². The van der Waals surface area contributed by atoms with E-state index in [0.29, 0.717) is 0 Å². The molecule has 0 spiro atoms. The summed E-state index contributed by atoms with van der Waals surface area (Å²) in [6.45, 7) is 9.02. The van der Waals surface area contributed by atoms with Crippen LogP contribution in [0.15, 0.2) is 60.7 Å².